The van der Waals surface area contributed by atoms with E-state index in [-0.39, 0.29) is 12.5 Å². The summed E-state index contributed by atoms with van der Waals surface area (Å²) >= 11 is 3.10. The largest absolute Gasteiger partial charge is 0.497 e. The Kier molecular flexibility index (Phi) is 7.64. The number of amides is 1. The number of methoxy groups -OCH3 is 2. The standard InChI is InChI=1S/C22H24N2O5S2/c1-13(2)19(24-20(25)15-7-17(27-3)9-18(8-15)28-4)22(26)29-10-16-12-31-21(23-16)14-5-6-30-11-14/h5-9,11-13,19H,10H2,1-4H3,(H,24,25)/t19-/m0/s1. The number of esters is 1. The van der Waals surface area contributed by atoms with E-state index < -0.39 is 17.9 Å². The predicted octanol–water partition coefficient (Wildman–Crippen LogP) is 4.39. The minimum atomic E-state index is -0.806. The van der Waals surface area contributed by atoms with Crippen molar-refractivity contribution < 1.29 is 23.8 Å². The second-order valence-corrected chi connectivity index (χ2v) is 8.70. The first kappa shape index (κ1) is 22.8. The van der Waals surface area contributed by atoms with Gasteiger partial charge in [0, 0.05) is 28.0 Å². The number of ether oxygens (including phenoxy) is 3. The topological polar surface area (TPSA) is 86.8 Å². The van der Waals surface area contributed by atoms with Crippen LogP contribution in [0.1, 0.15) is 29.9 Å². The molecule has 1 N–H and O–H groups in total. The highest BCUT2D eigenvalue weighted by atomic mass is 32.1. The number of rotatable bonds is 9. The molecule has 0 aliphatic rings. The quantitative estimate of drug-likeness (QED) is 0.477. The van der Waals surface area contributed by atoms with Crippen LogP contribution in [0.5, 0.6) is 11.5 Å². The van der Waals surface area contributed by atoms with Crippen molar-refractivity contribution in [1.29, 1.82) is 0 Å². The minimum Gasteiger partial charge on any atom is -0.497 e. The van der Waals surface area contributed by atoms with Gasteiger partial charge in [0.05, 0.1) is 19.9 Å². The zero-order chi connectivity index (χ0) is 22.4. The molecule has 0 aliphatic carbocycles. The molecule has 0 bridgehead atoms. The number of benzene rings is 1. The summed E-state index contributed by atoms with van der Waals surface area (Å²) in [6, 6.07) is 6.03. The molecule has 2 heterocycles. The lowest BCUT2D eigenvalue weighted by atomic mass is 10.0. The van der Waals surface area contributed by atoms with E-state index in [2.05, 4.69) is 10.3 Å². The Labute approximate surface area is 189 Å². The molecule has 0 saturated carbocycles. The Balaban J connectivity index is 1.65. The summed E-state index contributed by atoms with van der Waals surface area (Å²) in [5.74, 6) is -0.124. The molecule has 31 heavy (non-hydrogen) atoms. The van der Waals surface area contributed by atoms with Crippen LogP contribution in [0, 0.1) is 5.92 Å². The van der Waals surface area contributed by atoms with Gasteiger partial charge in [0.2, 0.25) is 0 Å². The van der Waals surface area contributed by atoms with Gasteiger partial charge in [-0.3, -0.25) is 4.79 Å². The maximum absolute atomic E-state index is 12.8. The molecule has 1 aromatic carbocycles. The number of carbonyl (C=O) groups excluding carboxylic acids is 2. The minimum absolute atomic E-state index is 0.0472. The lowest BCUT2D eigenvalue weighted by molar-refractivity contribution is -0.148. The molecule has 0 aliphatic heterocycles. The molecule has 0 radical (unpaired) electrons. The second kappa shape index (κ2) is 10.4. The Hall–Kier alpha value is -2.91. The molecule has 164 valence electrons. The summed E-state index contributed by atoms with van der Waals surface area (Å²) in [6.45, 7) is 3.73. The molecule has 3 aromatic rings. The number of carbonyl (C=O) groups is 2. The van der Waals surface area contributed by atoms with Crippen molar-refractivity contribution in [2.45, 2.75) is 26.5 Å². The van der Waals surface area contributed by atoms with Gasteiger partial charge in [-0.1, -0.05) is 13.8 Å². The average Bonchev–Trinajstić information content (AvgIpc) is 3.46. The fraction of sp³-hybridized carbons (Fsp3) is 0.318. The van der Waals surface area contributed by atoms with E-state index in [4.69, 9.17) is 14.2 Å². The number of aromatic nitrogens is 1. The normalized spacial score (nSPS) is 11.8. The van der Waals surface area contributed by atoms with Crippen molar-refractivity contribution in [3.63, 3.8) is 0 Å². The first-order valence-electron chi connectivity index (χ1n) is 9.58. The van der Waals surface area contributed by atoms with Crippen molar-refractivity contribution in [2.75, 3.05) is 14.2 Å². The van der Waals surface area contributed by atoms with Crippen LogP contribution in [-0.2, 0) is 16.1 Å². The second-order valence-electron chi connectivity index (χ2n) is 7.06. The number of thiophene rings is 1. The van der Waals surface area contributed by atoms with Crippen LogP contribution in [0.4, 0.5) is 0 Å². The Morgan fingerprint density at radius 2 is 1.81 bits per heavy atom. The van der Waals surface area contributed by atoms with E-state index in [1.807, 2.05) is 36.1 Å². The van der Waals surface area contributed by atoms with E-state index in [0.29, 0.717) is 22.8 Å². The SMILES string of the molecule is COc1cc(OC)cc(C(=O)N[C@H](C(=O)OCc2csc(-c3ccsc3)n2)C(C)C)c1. The lowest BCUT2D eigenvalue weighted by Crippen LogP contribution is -2.45. The van der Waals surface area contributed by atoms with Crippen LogP contribution in [0.3, 0.4) is 0 Å². The highest BCUT2D eigenvalue weighted by Crippen LogP contribution is 2.26. The van der Waals surface area contributed by atoms with E-state index >= 15 is 0 Å². The zero-order valence-corrected chi connectivity index (χ0v) is 19.3. The number of thiazole rings is 1. The Bertz CT molecular complexity index is 1010. The fourth-order valence-electron chi connectivity index (χ4n) is 2.79. The number of hydrogen-bond donors (Lipinski definition) is 1. The van der Waals surface area contributed by atoms with E-state index in [1.165, 1.54) is 25.6 Å². The van der Waals surface area contributed by atoms with Gasteiger partial charge in [-0.05, 0) is 29.5 Å². The van der Waals surface area contributed by atoms with Gasteiger partial charge in [-0.25, -0.2) is 9.78 Å². The van der Waals surface area contributed by atoms with Crippen molar-refractivity contribution in [3.05, 3.63) is 51.7 Å². The summed E-state index contributed by atoms with van der Waals surface area (Å²) < 4.78 is 15.9. The summed E-state index contributed by atoms with van der Waals surface area (Å²) in [6.07, 6.45) is 0. The molecule has 1 amide bonds. The predicted molar refractivity (Wildman–Crippen MR) is 121 cm³/mol. The first-order chi connectivity index (χ1) is 14.9. The van der Waals surface area contributed by atoms with Crippen molar-refractivity contribution in [1.82, 2.24) is 10.3 Å². The zero-order valence-electron chi connectivity index (χ0n) is 17.7. The molecule has 0 saturated heterocycles. The van der Waals surface area contributed by atoms with E-state index in [9.17, 15) is 9.59 Å². The van der Waals surface area contributed by atoms with Crippen LogP contribution < -0.4 is 14.8 Å². The van der Waals surface area contributed by atoms with Gasteiger partial charge in [0.15, 0.2) is 0 Å². The molecule has 0 fully saturated rings. The molecule has 2 aromatic heterocycles. The Morgan fingerprint density at radius 3 is 2.39 bits per heavy atom. The Morgan fingerprint density at radius 1 is 1.10 bits per heavy atom. The van der Waals surface area contributed by atoms with Gasteiger partial charge in [0.1, 0.15) is 29.2 Å². The maximum atomic E-state index is 12.8. The molecular formula is C22H24N2O5S2. The smallest absolute Gasteiger partial charge is 0.329 e. The first-order valence-corrected chi connectivity index (χ1v) is 11.4. The summed E-state index contributed by atoms with van der Waals surface area (Å²) in [5.41, 5.74) is 2.05. The fourth-order valence-corrected chi connectivity index (χ4v) is 4.30. The van der Waals surface area contributed by atoms with E-state index in [1.54, 1.807) is 29.5 Å². The lowest BCUT2D eigenvalue weighted by Gasteiger charge is -2.21. The van der Waals surface area contributed by atoms with E-state index in [0.717, 1.165) is 10.6 Å². The van der Waals surface area contributed by atoms with Gasteiger partial charge in [-0.15, -0.1) is 11.3 Å². The third-order valence-corrected chi connectivity index (χ3v) is 6.13. The summed E-state index contributed by atoms with van der Waals surface area (Å²) in [5, 5.41) is 9.52. The molecule has 0 unspecified atom stereocenters. The molecule has 9 heteroatoms. The van der Waals surface area contributed by atoms with Crippen LogP contribution in [0.25, 0.3) is 10.6 Å². The van der Waals surface area contributed by atoms with Crippen molar-refractivity contribution in [3.8, 4) is 22.1 Å². The molecule has 1 atom stereocenters. The monoisotopic (exact) mass is 460 g/mol. The summed E-state index contributed by atoms with van der Waals surface area (Å²) in [4.78, 5) is 30.0. The molecule has 7 nitrogen and oxygen atoms in total. The van der Waals surface area contributed by atoms with Crippen molar-refractivity contribution in [2.24, 2.45) is 5.92 Å². The van der Waals surface area contributed by atoms with Crippen LogP contribution in [0.2, 0.25) is 0 Å². The third-order valence-electron chi connectivity index (χ3n) is 4.50. The summed E-state index contributed by atoms with van der Waals surface area (Å²) in [7, 11) is 3.01. The molecule has 3 rings (SSSR count). The van der Waals surface area contributed by atoms with Crippen LogP contribution in [0.15, 0.2) is 40.4 Å². The van der Waals surface area contributed by atoms with Gasteiger partial charge in [-0.2, -0.15) is 11.3 Å². The van der Waals surface area contributed by atoms with Gasteiger partial charge in [0.25, 0.3) is 5.91 Å². The van der Waals surface area contributed by atoms with Gasteiger partial charge < -0.3 is 19.5 Å². The number of hydrogen-bond acceptors (Lipinski definition) is 8. The highest BCUT2D eigenvalue weighted by Gasteiger charge is 2.27. The van der Waals surface area contributed by atoms with Crippen LogP contribution >= 0.6 is 22.7 Å². The average molecular weight is 461 g/mol. The maximum Gasteiger partial charge on any atom is 0.329 e. The van der Waals surface area contributed by atoms with Crippen molar-refractivity contribution >= 4 is 34.6 Å². The molecule has 0 spiro atoms. The molecular weight excluding hydrogens is 436 g/mol. The van der Waals surface area contributed by atoms with Crippen LogP contribution in [-0.4, -0.2) is 37.1 Å². The number of nitrogens with zero attached hydrogens (tertiary/aromatic N) is 1. The van der Waals surface area contributed by atoms with Gasteiger partial charge >= 0.3 is 5.97 Å². The highest BCUT2D eigenvalue weighted by molar-refractivity contribution is 7.14. The number of nitrogens with one attached hydrogen (secondary N) is 1. The third kappa shape index (κ3) is 5.83.